The van der Waals surface area contributed by atoms with E-state index in [4.69, 9.17) is 27.9 Å². The third-order valence-corrected chi connectivity index (χ3v) is 5.25. The summed E-state index contributed by atoms with van der Waals surface area (Å²) in [5, 5.41) is 5.52. The van der Waals surface area contributed by atoms with Crippen LogP contribution in [0, 0.1) is 0 Å². The van der Waals surface area contributed by atoms with Gasteiger partial charge < -0.3 is 9.30 Å². The summed E-state index contributed by atoms with van der Waals surface area (Å²) < 4.78 is 9.04. The van der Waals surface area contributed by atoms with Gasteiger partial charge in [-0.25, -0.2) is 4.98 Å². The molecule has 8 heteroatoms. The van der Waals surface area contributed by atoms with Crippen LogP contribution < -0.4 is 0 Å². The fourth-order valence-corrected chi connectivity index (χ4v) is 3.64. The van der Waals surface area contributed by atoms with E-state index in [2.05, 4.69) is 10.1 Å². The summed E-state index contributed by atoms with van der Waals surface area (Å²) in [4.78, 5) is 16.7. The van der Waals surface area contributed by atoms with E-state index in [9.17, 15) is 4.79 Å². The number of imidazole rings is 1. The second-order valence-corrected chi connectivity index (χ2v) is 7.63. The molecule has 4 rings (SSSR count). The van der Waals surface area contributed by atoms with E-state index in [-0.39, 0.29) is 19.0 Å². The molecule has 0 amide bonds. The summed E-state index contributed by atoms with van der Waals surface area (Å²) in [6, 6.07) is 12.9. The predicted octanol–water partition coefficient (Wildman–Crippen LogP) is 4.57. The molecule has 0 aliphatic carbocycles. The van der Waals surface area contributed by atoms with Gasteiger partial charge in [0, 0.05) is 30.4 Å². The van der Waals surface area contributed by atoms with Gasteiger partial charge in [-0.1, -0.05) is 29.3 Å². The van der Waals surface area contributed by atoms with Gasteiger partial charge in [0.1, 0.15) is 6.61 Å². The number of hydrogen-bond donors (Lipinski definition) is 0. The first-order valence-electron chi connectivity index (χ1n) is 8.94. The van der Waals surface area contributed by atoms with E-state index < -0.39 is 0 Å². The number of aromatic nitrogens is 4. The maximum absolute atomic E-state index is 12.3. The minimum atomic E-state index is -0.331. The van der Waals surface area contributed by atoms with Crippen molar-refractivity contribution < 1.29 is 9.53 Å². The van der Waals surface area contributed by atoms with Gasteiger partial charge in [0.15, 0.2) is 0 Å². The molecule has 2 aromatic carbocycles. The third-order valence-electron chi connectivity index (χ3n) is 4.70. The van der Waals surface area contributed by atoms with Crippen molar-refractivity contribution in [2.75, 3.05) is 0 Å². The van der Waals surface area contributed by atoms with Crippen LogP contribution >= 0.6 is 23.2 Å². The second-order valence-electron chi connectivity index (χ2n) is 6.78. The highest BCUT2D eigenvalue weighted by molar-refractivity contribution is 6.36. The molecule has 0 fully saturated rings. The lowest BCUT2D eigenvalue weighted by molar-refractivity contribution is -0.144. The maximum Gasteiger partial charge on any atom is 0.312 e. The number of rotatable bonds is 5. The molecular weight excluding hydrogens is 411 g/mol. The molecule has 0 radical (unpaired) electrons. The number of aryl methyl sites for hydroxylation is 2. The summed E-state index contributed by atoms with van der Waals surface area (Å²) in [5.41, 5.74) is 4.97. The van der Waals surface area contributed by atoms with Crippen LogP contribution in [-0.4, -0.2) is 25.3 Å². The standard InChI is InChI=1S/C21H18Cl2N4O2/c1-26-12-24-19-7-13(3-6-20(19)26)11-29-21(28)10-15-9-18(25-27(15)2)16-5-4-14(22)8-17(16)23/h3-9,12H,10-11H2,1-2H3. The molecule has 148 valence electrons. The minimum Gasteiger partial charge on any atom is -0.461 e. The van der Waals surface area contributed by atoms with Crippen molar-refractivity contribution in [2.24, 2.45) is 14.1 Å². The van der Waals surface area contributed by atoms with Gasteiger partial charge in [0.05, 0.1) is 34.5 Å². The lowest BCUT2D eigenvalue weighted by Crippen LogP contribution is -2.11. The number of benzene rings is 2. The maximum atomic E-state index is 12.3. The van der Waals surface area contributed by atoms with Crippen LogP contribution in [-0.2, 0) is 36.7 Å². The Morgan fingerprint density at radius 2 is 1.93 bits per heavy atom. The van der Waals surface area contributed by atoms with Crippen LogP contribution in [0.1, 0.15) is 11.3 Å². The predicted molar refractivity (Wildman–Crippen MR) is 113 cm³/mol. The van der Waals surface area contributed by atoms with E-state index in [0.717, 1.165) is 27.9 Å². The smallest absolute Gasteiger partial charge is 0.312 e. The van der Waals surface area contributed by atoms with Gasteiger partial charge in [0.2, 0.25) is 0 Å². The first-order chi connectivity index (χ1) is 13.9. The Balaban J connectivity index is 1.43. The number of carbonyl (C=O) groups is 1. The first-order valence-corrected chi connectivity index (χ1v) is 9.70. The number of nitrogens with zero attached hydrogens (tertiary/aromatic N) is 4. The Morgan fingerprint density at radius 3 is 2.72 bits per heavy atom. The largest absolute Gasteiger partial charge is 0.461 e. The van der Waals surface area contributed by atoms with E-state index in [1.54, 1.807) is 30.2 Å². The van der Waals surface area contributed by atoms with Crippen LogP contribution in [0.5, 0.6) is 0 Å². The Labute approximate surface area is 177 Å². The molecule has 29 heavy (non-hydrogen) atoms. The Morgan fingerprint density at radius 1 is 1.10 bits per heavy atom. The Hall–Kier alpha value is -2.83. The van der Waals surface area contributed by atoms with Gasteiger partial charge in [-0.15, -0.1) is 0 Å². The molecular formula is C21H18Cl2N4O2. The van der Waals surface area contributed by atoms with Gasteiger partial charge in [-0.05, 0) is 42.0 Å². The van der Waals surface area contributed by atoms with Crippen molar-refractivity contribution in [1.82, 2.24) is 19.3 Å². The fraction of sp³-hybridized carbons (Fsp3) is 0.190. The summed E-state index contributed by atoms with van der Waals surface area (Å²) in [6.07, 6.45) is 1.87. The Kier molecular flexibility index (Phi) is 5.30. The minimum absolute atomic E-state index is 0.112. The van der Waals surface area contributed by atoms with Crippen LogP contribution in [0.15, 0.2) is 48.8 Å². The van der Waals surface area contributed by atoms with Crippen molar-refractivity contribution in [3.05, 3.63) is 70.1 Å². The zero-order valence-electron chi connectivity index (χ0n) is 15.9. The SMILES string of the molecule is Cn1nc(-c2ccc(Cl)cc2Cl)cc1CC(=O)OCc1ccc2c(c1)ncn2C. The monoisotopic (exact) mass is 428 g/mol. The molecule has 0 bridgehead atoms. The van der Waals surface area contributed by atoms with Crippen molar-refractivity contribution in [1.29, 1.82) is 0 Å². The number of carbonyl (C=O) groups excluding carboxylic acids is 1. The number of hydrogen-bond acceptors (Lipinski definition) is 4. The van der Waals surface area contributed by atoms with Crippen LogP contribution in [0.2, 0.25) is 10.0 Å². The molecule has 2 aromatic heterocycles. The highest BCUT2D eigenvalue weighted by Crippen LogP contribution is 2.30. The summed E-state index contributed by atoms with van der Waals surface area (Å²) in [6.45, 7) is 0.194. The summed E-state index contributed by atoms with van der Waals surface area (Å²) >= 11 is 12.2. The van der Waals surface area contributed by atoms with Gasteiger partial charge in [-0.3, -0.25) is 9.48 Å². The topological polar surface area (TPSA) is 61.9 Å². The average Bonchev–Trinajstić information content (AvgIpc) is 3.23. The van der Waals surface area contributed by atoms with Crippen molar-refractivity contribution >= 4 is 40.2 Å². The molecule has 0 unspecified atom stereocenters. The van der Waals surface area contributed by atoms with Crippen molar-refractivity contribution in [2.45, 2.75) is 13.0 Å². The van der Waals surface area contributed by atoms with Crippen LogP contribution in [0.3, 0.4) is 0 Å². The molecule has 0 saturated carbocycles. The number of esters is 1. The number of fused-ring (bicyclic) bond motifs is 1. The molecule has 6 nitrogen and oxygen atoms in total. The molecule has 0 spiro atoms. The average molecular weight is 429 g/mol. The fourth-order valence-electron chi connectivity index (χ4n) is 3.13. The lowest BCUT2D eigenvalue weighted by atomic mass is 10.1. The molecule has 0 N–H and O–H groups in total. The molecule has 0 aliphatic heterocycles. The zero-order chi connectivity index (χ0) is 20.5. The van der Waals surface area contributed by atoms with Crippen LogP contribution in [0.25, 0.3) is 22.3 Å². The van der Waals surface area contributed by atoms with Gasteiger partial charge in [0.25, 0.3) is 0 Å². The molecule has 0 saturated heterocycles. The van der Waals surface area contributed by atoms with Crippen LogP contribution in [0.4, 0.5) is 0 Å². The molecule has 0 aliphatic rings. The normalized spacial score (nSPS) is 11.2. The van der Waals surface area contributed by atoms with E-state index in [0.29, 0.717) is 15.7 Å². The first kappa shape index (κ1) is 19.5. The summed E-state index contributed by atoms with van der Waals surface area (Å²) in [5.74, 6) is -0.331. The quantitative estimate of drug-likeness (QED) is 0.436. The summed E-state index contributed by atoms with van der Waals surface area (Å²) in [7, 11) is 3.72. The third kappa shape index (κ3) is 4.13. The van der Waals surface area contributed by atoms with E-state index >= 15 is 0 Å². The van der Waals surface area contributed by atoms with Crippen molar-refractivity contribution in [3.8, 4) is 11.3 Å². The second kappa shape index (κ2) is 7.89. The van der Waals surface area contributed by atoms with E-state index in [1.807, 2.05) is 41.9 Å². The molecule has 2 heterocycles. The zero-order valence-corrected chi connectivity index (χ0v) is 17.4. The number of halogens is 2. The van der Waals surface area contributed by atoms with E-state index in [1.165, 1.54) is 0 Å². The highest BCUT2D eigenvalue weighted by Gasteiger charge is 2.14. The Bertz CT molecular complexity index is 1210. The molecule has 0 atom stereocenters. The highest BCUT2D eigenvalue weighted by atomic mass is 35.5. The van der Waals surface area contributed by atoms with Crippen molar-refractivity contribution in [3.63, 3.8) is 0 Å². The van der Waals surface area contributed by atoms with Gasteiger partial charge in [-0.2, -0.15) is 5.10 Å². The molecule has 4 aromatic rings. The lowest BCUT2D eigenvalue weighted by Gasteiger charge is -2.05. The number of ether oxygens (including phenoxy) is 1. The van der Waals surface area contributed by atoms with Gasteiger partial charge >= 0.3 is 5.97 Å².